The Labute approximate surface area is 181 Å². The van der Waals surface area contributed by atoms with Gasteiger partial charge in [0, 0.05) is 5.69 Å². The summed E-state index contributed by atoms with van der Waals surface area (Å²) < 4.78 is 16.3. The molecule has 6 nitrogen and oxygen atoms in total. The van der Waals surface area contributed by atoms with Crippen LogP contribution in [0.2, 0.25) is 0 Å². The van der Waals surface area contributed by atoms with Crippen molar-refractivity contribution in [3.63, 3.8) is 0 Å². The van der Waals surface area contributed by atoms with Crippen LogP contribution in [0.15, 0.2) is 77.9 Å². The number of para-hydroxylation sites is 1. The Morgan fingerprint density at radius 1 is 1.03 bits per heavy atom. The highest BCUT2D eigenvalue weighted by Crippen LogP contribution is 2.47. The lowest BCUT2D eigenvalue weighted by Gasteiger charge is -2.36. The van der Waals surface area contributed by atoms with E-state index in [4.69, 9.17) is 14.2 Å². The fourth-order valence-corrected chi connectivity index (χ4v) is 4.25. The van der Waals surface area contributed by atoms with Gasteiger partial charge in [0.15, 0.2) is 0 Å². The van der Waals surface area contributed by atoms with E-state index in [1.54, 1.807) is 6.08 Å². The van der Waals surface area contributed by atoms with Gasteiger partial charge in [-0.25, -0.2) is 9.59 Å². The molecular weight excluding hydrogens is 394 g/mol. The number of rotatable bonds is 7. The van der Waals surface area contributed by atoms with Gasteiger partial charge in [-0.2, -0.15) is 0 Å². The topological polar surface area (TPSA) is 73.9 Å². The second kappa shape index (κ2) is 8.40. The van der Waals surface area contributed by atoms with Gasteiger partial charge in [-0.15, -0.1) is 0 Å². The smallest absolute Gasteiger partial charge is 0.337 e. The Morgan fingerprint density at radius 3 is 2.35 bits per heavy atom. The molecule has 0 aromatic heterocycles. The third-order valence-electron chi connectivity index (χ3n) is 5.77. The van der Waals surface area contributed by atoms with E-state index in [-0.39, 0.29) is 17.2 Å². The molecule has 6 heteroatoms. The van der Waals surface area contributed by atoms with Crippen molar-refractivity contribution in [3.05, 3.63) is 89.0 Å². The fraction of sp³-hybridized carbons (Fsp3) is 0.280. The van der Waals surface area contributed by atoms with Crippen molar-refractivity contribution in [2.75, 3.05) is 19.5 Å². The number of hydrogen-bond acceptors (Lipinski definition) is 6. The van der Waals surface area contributed by atoms with E-state index in [0.29, 0.717) is 6.42 Å². The Balaban J connectivity index is 1.81. The van der Waals surface area contributed by atoms with Crippen molar-refractivity contribution < 1.29 is 23.8 Å². The number of benzene rings is 2. The second-order valence-electron chi connectivity index (χ2n) is 7.72. The highest BCUT2D eigenvalue weighted by atomic mass is 16.6. The highest BCUT2D eigenvalue weighted by molar-refractivity contribution is 6.05. The minimum absolute atomic E-state index is 0.190. The molecule has 31 heavy (non-hydrogen) atoms. The summed E-state index contributed by atoms with van der Waals surface area (Å²) in [5.41, 5.74) is 2.34. The normalized spacial score (nSPS) is 22.4. The Bertz CT molecular complexity index is 1040. The molecule has 0 fully saturated rings. The largest absolute Gasteiger partial charge is 0.466 e. The van der Waals surface area contributed by atoms with Crippen molar-refractivity contribution in [1.82, 2.24) is 0 Å². The lowest BCUT2D eigenvalue weighted by atomic mass is 9.79. The van der Waals surface area contributed by atoms with Crippen LogP contribution >= 0.6 is 0 Å². The average Bonchev–Trinajstić information content (AvgIpc) is 3.38. The number of fused-ring (bicyclic) bond motifs is 2. The quantitative estimate of drug-likeness (QED) is 0.548. The number of ether oxygens (including phenoxy) is 3. The summed E-state index contributed by atoms with van der Waals surface area (Å²) in [6.45, 7) is 2.04. The van der Waals surface area contributed by atoms with E-state index in [1.807, 2.05) is 55.5 Å². The predicted octanol–water partition coefficient (Wildman–Crippen LogP) is 3.37. The maximum Gasteiger partial charge on any atom is 0.337 e. The van der Waals surface area contributed by atoms with Gasteiger partial charge in [0.25, 0.3) is 0 Å². The lowest BCUT2D eigenvalue weighted by Crippen LogP contribution is -2.49. The van der Waals surface area contributed by atoms with E-state index in [2.05, 4.69) is 17.4 Å². The molecular formula is C25H25NO5. The third-order valence-corrected chi connectivity index (χ3v) is 5.77. The molecule has 0 radical (unpaired) electrons. The number of hydrogen-bond donors (Lipinski definition) is 1. The van der Waals surface area contributed by atoms with E-state index in [1.165, 1.54) is 14.2 Å². The van der Waals surface area contributed by atoms with E-state index < -0.39 is 23.6 Å². The SMILES string of the molecule is COC(=O)C1=C(C(=O)OC)[C@@]2([C@H](Cc3ccc(C)cc3)Nc3ccccc3)C=C[C@@H]1O2. The summed E-state index contributed by atoms with van der Waals surface area (Å²) in [5, 5.41) is 3.52. The summed E-state index contributed by atoms with van der Waals surface area (Å²) in [6.07, 6.45) is 3.56. The minimum atomic E-state index is -1.16. The van der Waals surface area contributed by atoms with Crippen LogP contribution in [0.5, 0.6) is 0 Å². The van der Waals surface area contributed by atoms with Crippen molar-refractivity contribution in [3.8, 4) is 0 Å². The van der Waals surface area contributed by atoms with Crippen LogP contribution in [0.3, 0.4) is 0 Å². The maximum atomic E-state index is 12.9. The summed E-state index contributed by atoms with van der Waals surface area (Å²) >= 11 is 0. The summed E-state index contributed by atoms with van der Waals surface area (Å²) in [7, 11) is 2.59. The molecule has 2 aromatic carbocycles. The first-order valence-corrected chi connectivity index (χ1v) is 10.1. The molecule has 2 aliphatic rings. The summed E-state index contributed by atoms with van der Waals surface area (Å²) in [4.78, 5) is 25.4. The molecule has 0 spiro atoms. The molecule has 0 amide bonds. The van der Waals surface area contributed by atoms with Crippen molar-refractivity contribution in [1.29, 1.82) is 0 Å². The Kier molecular flexibility index (Phi) is 5.65. The number of esters is 2. The monoisotopic (exact) mass is 419 g/mol. The molecule has 2 aliphatic heterocycles. The molecule has 0 saturated carbocycles. The van der Waals surface area contributed by atoms with E-state index in [9.17, 15) is 9.59 Å². The standard InChI is InChI=1S/C25H25NO5/c1-16-9-11-17(12-10-16)15-20(26-18-7-5-4-6-8-18)25-14-13-19(31-25)21(23(27)29-2)22(25)24(28)30-3/h4-14,19-20,26H,15H2,1-3H3/t19-,20-,25-/m0/s1. The number of methoxy groups -OCH3 is 2. The number of nitrogens with one attached hydrogen (secondary N) is 1. The van der Waals surface area contributed by atoms with Gasteiger partial charge in [0.1, 0.15) is 11.7 Å². The molecule has 0 saturated heterocycles. The molecule has 0 unspecified atom stereocenters. The number of aryl methyl sites for hydroxylation is 1. The van der Waals surface area contributed by atoms with Crippen molar-refractivity contribution in [2.24, 2.45) is 0 Å². The van der Waals surface area contributed by atoms with Crippen LogP contribution < -0.4 is 5.32 Å². The van der Waals surface area contributed by atoms with Gasteiger partial charge in [0.2, 0.25) is 0 Å². The molecule has 2 aromatic rings. The molecule has 0 aliphatic carbocycles. The molecule has 2 bridgehead atoms. The molecule has 1 N–H and O–H groups in total. The molecule has 160 valence electrons. The molecule has 4 rings (SSSR count). The van der Waals surface area contributed by atoms with Crippen molar-refractivity contribution >= 4 is 17.6 Å². The van der Waals surface area contributed by atoms with Gasteiger partial charge in [-0.05, 0) is 37.1 Å². The van der Waals surface area contributed by atoms with Crippen LogP contribution in [0.25, 0.3) is 0 Å². The minimum Gasteiger partial charge on any atom is -0.466 e. The summed E-state index contributed by atoms with van der Waals surface area (Å²) in [6, 6.07) is 17.5. The number of anilines is 1. The predicted molar refractivity (Wildman–Crippen MR) is 117 cm³/mol. The fourth-order valence-electron chi connectivity index (χ4n) is 4.25. The van der Waals surface area contributed by atoms with Crippen LogP contribution in [-0.4, -0.2) is 43.9 Å². The van der Waals surface area contributed by atoms with E-state index >= 15 is 0 Å². The third kappa shape index (κ3) is 3.75. The maximum absolute atomic E-state index is 12.9. The van der Waals surface area contributed by atoms with Crippen LogP contribution in [0.1, 0.15) is 11.1 Å². The Hall–Kier alpha value is -3.38. The second-order valence-corrected chi connectivity index (χ2v) is 7.72. The van der Waals surface area contributed by atoms with Crippen molar-refractivity contribution in [2.45, 2.75) is 31.1 Å². The average molecular weight is 419 g/mol. The first-order valence-electron chi connectivity index (χ1n) is 10.1. The summed E-state index contributed by atoms with van der Waals surface area (Å²) in [5.74, 6) is -1.19. The molecule has 3 atom stereocenters. The highest BCUT2D eigenvalue weighted by Gasteiger charge is 2.58. The lowest BCUT2D eigenvalue weighted by molar-refractivity contribution is -0.139. The van der Waals surface area contributed by atoms with Gasteiger partial charge >= 0.3 is 11.9 Å². The zero-order valence-electron chi connectivity index (χ0n) is 17.8. The van der Waals surface area contributed by atoms with Crippen LogP contribution in [0.4, 0.5) is 5.69 Å². The zero-order chi connectivity index (χ0) is 22.0. The zero-order valence-corrected chi connectivity index (χ0v) is 17.8. The Morgan fingerprint density at radius 2 is 1.71 bits per heavy atom. The van der Waals surface area contributed by atoms with E-state index in [0.717, 1.165) is 16.8 Å². The number of carbonyl (C=O) groups is 2. The van der Waals surface area contributed by atoms with Gasteiger partial charge in [0.05, 0.1) is 31.4 Å². The van der Waals surface area contributed by atoms with Crippen LogP contribution in [-0.2, 0) is 30.2 Å². The van der Waals surface area contributed by atoms with Gasteiger partial charge in [-0.3, -0.25) is 0 Å². The van der Waals surface area contributed by atoms with Gasteiger partial charge in [-0.1, -0.05) is 54.1 Å². The van der Waals surface area contributed by atoms with Crippen LogP contribution in [0, 0.1) is 6.92 Å². The van der Waals surface area contributed by atoms with Gasteiger partial charge < -0.3 is 19.5 Å². The first kappa shape index (κ1) is 20.9. The first-order chi connectivity index (χ1) is 15.0. The molecule has 2 heterocycles. The number of carbonyl (C=O) groups excluding carboxylic acids is 2.